The van der Waals surface area contributed by atoms with Crippen molar-refractivity contribution in [3.8, 4) is 0 Å². The van der Waals surface area contributed by atoms with Crippen molar-refractivity contribution in [3.63, 3.8) is 0 Å². The molecule has 0 bridgehead atoms. The Kier molecular flexibility index (Phi) is 18.5. The number of rotatable bonds is 22. The maximum absolute atomic E-state index is 12.4. The highest BCUT2D eigenvalue weighted by Gasteiger charge is 2.24. The van der Waals surface area contributed by atoms with Gasteiger partial charge in [0.1, 0.15) is 37.3 Å². The highest BCUT2D eigenvalue weighted by molar-refractivity contribution is 8.76. The third-order valence-corrected chi connectivity index (χ3v) is 7.38. The molecule has 4 atom stereocenters. The Labute approximate surface area is 241 Å². The molecule has 4 amide bonds. The number of aliphatic carboxylic acids is 4. The zero-order chi connectivity index (χ0) is 31.5. The third kappa shape index (κ3) is 18.4. The van der Waals surface area contributed by atoms with E-state index in [0.29, 0.717) is 0 Å². The summed E-state index contributed by atoms with van der Waals surface area (Å²) in [7, 11) is 2.18. The average Bonchev–Trinajstić information content (AvgIpc) is 2.89. The van der Waals surface area contributed by atoms with E-state index in [9.17, 15) is 38.4 Å². The number of carbonyl (C=O) groups excluding carboxylic acids is 4. The van der Waals surface area contributed by atoms with Crippen LogP contribution in [0.15, 0.2) is 0 Å². The van der Waals surface area contributed by atoms with Gasteiger partial charge in [0.15, 0.2) is 0 Å². The summed E-state index contributed by atoms with van der Waals surface area (Å²) in [5, 5.41) is 44.2. The van der Waals surface area contributed by atoms with Gasteiger partial charge in [0.25, 0.3) is 0 Å². The SMILES string of the molecule is N[C@@H](CCC(=O)N[C@@H](CCSSC[C@H](NC(=O)CC[C@H](N)C(=O)O)C(=O)NCC(=O)O)C(=O)NCC(=O)O)C(=O)O. The Morgan fingerprint density at radius 1 is 0.610 bits per heavy atom. The summed E-state index contributed by atoms with van der Waals surface area (Å²) in [5.41, 5.74) is 10.7. The Balaban J connectivity index is 5.05. The second kappa shape index (κ2) is 20.3. The van der Waals surface area contributed by atoms with Crippen LogP contribution in [-0.2, 0) is 38.4 Å². The zero-order valence-electron chi connectivity index (χ0n) is 21.7. The number of carbonyl (C=O) groups is 8. The number of carboxylic acids is 4. The van der Waals surface area contributed by atoms with Crippen molar-refractivity contribution >= 4 is 69.1 Å². The molecule has 0 aliphatic heterocycles. The topological polar surface area (TPSA) is 318 Å². The van der Waals surface area contributed by atoms with Crippen molar-refractivity contribution < 1.29 is 58.8 Å². The van der Waals surface area contributed by atoms with E-state index in [1.54, 1.807) is 0 Å². The number of hydrogen-bond acceptors (Lipinski definition) is 12. The van der Waals surface area contributed by atoms with E-state index < -0.39 is 84.8 Å². The zero-order valence-corrected chi connectivity index (χ0v) is 23.3. The molecule has 0 saturated heterocycles. The second-order valence-electron chi connectivity index (χ2n) is 8.33. The maximum atomic E-state index is 12.4. The summed E-state index contributed by atoms with van der Waals surface area (Å²) in [6.45, 7) is -1.42. The summed E-state index contributed by atoms with van der Waals surface area (Å²) in [6, 6.07) is -4.96. The van der Waals surface area contributed by atoms with Gasteiger partial charge in [-0.05, 0) is 19.3 Å². The van der Waals surface area contributed by atoms with Crippen LogP contribution in [0.1, 0.15) is 32.1 Å². The molecule has 232 valence electrons. The van der Waals surface area contributed by atoms with Crippen LogP contribution in [0, 0.1) is 0 Å². The van der Waals surface area contributed by atoms with Crippen molar-refractivity contribution in [1.82, 2.24) is 21.3 Å². The monoisotopic (exact) mass is 626 g/mol. The van der Waals surface area contributed by atoms with Gasteiger partial charge in [0.05, 0.1) is 0 Å². The van der Waals surface area contributed by atoms with E-state index >= 15 is 0 Å². The molecule has 0 aliphatic carbocycles. The molecule has 0 saturated carbocycles. The fourth-order valence-electron chi connectivity index (χ4n) is 2.72. The third-order valence-electron chi connectivity index (χ3n) is 4.94. The molecule has 18 nitrogen and oxygen atoms in total. The highest BCUT2D eigenvalue weighted by Crippen LogP contribution is 2.23. The van der Waals surface area contributed by atoms with E-state index in [4.69, 9.17) is 31.9 Å². The van der Waals surface area contributed by atoms with Crippen LogP contribution in [0.2, 0.25) is 0 Å². The van der Waals surface area contributed by atoms with Crippen molar-refractivity contribution in [2.24, 2.45) is 11.5 Å². The fourth-order valence-corrected chi connectivity index (χ4v) is 4.97. The first-order chi connectivity index (χ1) is 19.1. The fraction of sp³-hybridized carbons (Fsp3) is 0.619. The van der Waals surface area contributed by atoms with Crippen LogP contribution >= 0.6 is 21.6 Å². The molecule has 12 N–H and O–H groups in total. The minimum absolute atomic E-state index is 0.00481. The van der Waals surface area contributed by atoms with Crippen LogP contribution in [0.3, 0.4) is 0 Å². The molecule has 20 heteroatoms. The van der Waals surface area contributed by atoms with Gasteiger partial charge in [-0.25, -0.2) is 0 Å². The van der Waals surface area contributed by atoms with Crippen LogP contribution in [0.25, 0.3) is 0 Å². The van der Waals surface area contributed by atoms with Crippen LogP contribution in [0.5, 0.6) is 0 Å². The number of amides is 4. The predicted molar refractivity (Wildman–Crippen MR) is 144 cm³/mol. The standard InChI is InChI=1S/C21H34N6O12S2/c22-10(20(36)37)1-3-14(28)26-12(18(34)24-7-16(30)31)5-6-40-41-9-13(19(35)25-8-17(32)33)27-15(29)4-2-11(23)21(38)39/h10-13H,1-9,22-23H2,(H,24,34)(H,25,35)(H,26,28)(H,27,29)(H,30,31)(H,32,33)(H,36,37)(H,38,39)/t10-,11-,12-,13-/m0/s1. The van der Waals surface area contributed by atoms with Gasteiger partial charge in [0, 0.05) is 24.3 Å². The first-order valence-electron chi connectivity index (χ1n) is 11.9. The van der Waals surface area contributed by atoms with Crippen LogP contribution in [0.4, 0.5) is 0 Å². The van der Waals surface area contributed by atoms with Gasteiger partial charge in [-0.1, -0.05) is 21.6 Å². The lowest BCUT2D eigenvalue weighted by atomic mass is 10.1. The van der Waals surface area contributed by atoms with Crippen molar-refractivity contribution in [2.45, 2.75) is 56.3 Å². The Morgan fingerprint density at radius 2 is 1.02 bits per heavy atom. The summed E-state index contributed by atoms with van der Waals surface area (Å²) < 4.78 is 0. The molecular weight excluding hydrogens is 592 g/mol. The lowest BCUT2D eigenvalue weighted by Crippen LogP contribution is -2.49. The van der Waals surface area contributed by atoms with Gasteiger partial charge in [-0.3, -0.25) is 38.4 Å². The minimum Gasteiger partial charge on any atom is -0.480 e. The van der Waals surface area contributed by atoms with Gasteiger partial charge in [-0.15, -0.1) is 0 Å². The summed E-state index contributed by atoms with van der Waals surface area (Å²) in [5.74, 6) is -8.14. The molecule has 0 unspecified atom stereocenters. The maximum Gasteiger partial charge on any atom is 0.322 e. The Bertz CT molecular complexity index is 895. The van der Waals surface area contributed by atoms with Gasteiger partial charge in [-0.2, -0.15) is 0 Å². The first kappa shape index (κ1) is 37.4. The Hall–Kier alpha value is -3.62. The average molecular weight is 627 g/mol. The van der Waals surface area contributed by atoms with Crippen molar-refractivity contribution in [2.75, 3.05) is 24.6 Å². The molecule has 0 fully saturated rings. The first-order valence-corrected chi connectivity index (χ1v) is 14.4. The summed E-state index contributed by atoms with van der Waals surface area (Å²) >= 11 is 0. The second-order valence-corrected chi connectivity index (χ2v) is 11.0. The smallest absolute Gasteiger partial charge is 0.322 e. The van der Waals surface area contributed by atoms with Crippen molar-refractivity contribution in [1.29, 1.82) is 0 Å². The molecule has 0 rings (SSSR count). The van der Waals surface area contributed by atoms with E-state index in [2.05, 4.69) is 21.3 Å². The minimum atomic E-state index is -1.32. The summed E-state index contributed by atoms with van der Waals surface area (Å²) in [6.07, 6.45) is -1.02. The Morgan fingerprint density at radius 3 is 1.44 bits per heavy atom. The normalized spacial score (nSPS) is 13.5. The number of carboxylic acid groups (broad SMARTS) is 4. The molecule has 0 heterocycles. The molecule has 41 heavy (non-hydrogen) atoms. The van der Waals surface area contributed by atoms with E-state index in [1.165, 1.54) is 0 Å². The van der Waals surface area contributed by atoms with Crippen LogP contribution < -0.4 is 32.7 Å². The molecule has 0 aliphatic rings. The molecular formula is C21H34N6O12S2. The van der Waals surface area contributed by atoms with Crippen molar-refractivity contribution in [3.05, 3.63) is 0 Å². The predicted octanol–water partition coefficient (Wildman–Crippen LogP) is -3.49. The van der Waals surface area contributed by atoms with Gasteiger partial charge >= 0.3 is 23.9 Å². The quantitative estimate of drug-likeness (QED) is 0.0412. The number of nitrogens with one attached hydrogen (secondary N) is 4. The number of nitrogens with two attached hydrogens (primary N) is 2. The molecule has 0 aromatic carbocycles. The molecule has 0 aromatic heterocycles. The van der Waals surface area contributed by atoms with E-state index in [-0.39, 0.29) is 43.6 Å². The molecule has 0 aromatic rings. The van der Waals surface area contributed by atoms with Gasteiger partial charge in [0.2, 0.25) is 23.6 Å². The van der Waals surface area contributed by atoms with E-state index in [0.717, 1.165) is 21.6 Å². The van der Waals surface area contributed by atoms with Gasteiger partial charge < -0.3 is 53.2 Å². The lowest BCUT2D eigenvalue weighted by Gasteiger charge is -2.19. The molecule has 0 radical (unpaired) electrons. The van der Waals surface area contributed by atoms with E-state index in [1.807, 2.05) is 0 Å². The van der Waals surface area contributed by atoms with Crippen LogP contribution in [-0.4, -0.2) is 117 Å². The number of hydrogen-bond donors (Lipinski definition) is 10. The lowest BCUT2D eigenvalue weighted by molar-refractivity contribution is -0.140. The highest BCUT2D eigenvalue weighted by atomic mass is 33.1. The summed E-state index contributed by atoms with van der Waals surface area (Å²) in [4.78, 5) is 92.3. The largest absolute Gasteiger partial charge is 0.480 e. The molecule has 0 spiro atoms.